The maximum Gasteiger partial charge on any atom is 0.228 e. The van der Waals surface area contributed by atoms with Crippen LogP contribution in [0.15, 0.2) is 72.8 Å². The molecule has 0 aliphatic rings. The molecule has 0 saturated heterocycles. The second kappa shape index (κ2) is 7.24. The van der Waals surface area contributed by atoms with Crippen LogP contribution in [0.3, 0.4) is 0 Å². The molecule has 1 aromatic heterocycles. The largest absolute Gasteiger partial charge is 0.497 e. The van der Waals surface area contributed by atoms with Crippen LogP contribution in [-0.2, 0) is 0 Å². The molecule has 0 saturated carbocycles. The third-order valence-corrected chi connectivity index (χ3v) is 4.93. The maximum absolute atomic E-state index is 12.6. The molecule has 4 nitrogen and oxygen atoms in total. The normalized spacial score (nSPS) is 10.8. The highest BCUT2D eigenvalue weighted by molar-refractivity contribution is 6.09. The molecule has 4 rings (SSSR count). The van der Waals surface area contributed by atoms with Crippen molar-refractivity contribution >= 4 is 16.8 Å². The molecule has 1 heterocycles. The van der Waals surface area contributed by atoms with Gasteiger partial charge in [-0.2, -0.15) is 0 Å². The number of para-hydroxylation sites is 1. The van der Waals surface area contributed by atoms with Crippen LogP contribution in [0.2, 0.25) is 0 Å². The average Bonchev–Trinajstić information content (AvgIpc) is 3.09. The third kappa shape index (κ3) is 2.93. The molecule has 0 bridgehead atoms. The Morgan fingerprint density at radius 1 is 0.750 bits per heavy atom. The maximum atomic E-state index is 12.6. The van der Waals surface area contributed by atoms with Crippen molar-refractivity contribution < 1.29 is 14.3 Å². The molecule has 0 amide bonds. The second-order valence-electron chi connectivity index (χ2n) is 6.55. The number of rotatable bonds is 4. The van der Waals surface area contributed by atoms with Gasteiger partial charge in [0.1, 0.15) is 11.5 Å². The Kier molecular flexibility index (Phi) is 4.62. The second-order valence-corrected chi connectivity index (χ2v) is 6.55. The number of hydrogen-bond acceptors (Lipinski definition) is 3. The fourth-order valence-electron chi connectivity index (χ4n) is 3.64. The first-order valence-corrected chi connectivity index (χ1v) is 9.07. The van der Waals surface area contributed by atoms with E-state index < -0.39 is 0 Å². The molecule has 0 unspecified atom stereocenters. The first-order chi connectivity index (χ1) is 13.6. The minimum atomic E-state index is -0.0261. The lowest BCUT2D eigenvalue weighted by Crippen LogP contribution is -2.07. The summed E-state index contributed by atoms with van der Waals surface area (Å²) in [6, 6.07) is 23.7. The first kappa shape index (κ1) is 17.9. The third-order valence-electron chi connectivity index (χ3n) is 4.93. The SMILES string of the molecule is COc1ccc(-c2c(-c3ccc(OC)cc3)n(C(C)=O)c3ccccc23)cc1. The van der Waals surface area contributed by atoms with Gasteiger partial charge in [-0.15, -0.1) is 0 Å². The Labute approximate surface area is 163 Å². The molecule has 0 atom stereocenters. The van der Waals surface area contributed by atoms with E-state index in [1.165, 1.54) is 0 Å². The van der Waals surface area contributed by atoms with Gasteiger partial charge < -0.3 is 9.47 Å². The molecule has 4 aromatic rings. The molecular formula is C24H21NO3. The van der Waals surface area contributed by atoms with E-state index in [4.69, 9.17) is 9.47 Å². The zero-order valence-corrected chi connectivity index (χ0v) is 16.1. The minimum Gasteiger partial charge on any atom is -0.497 e. The van der Waals surface area contributed by atoms with Crippen molar-refractivity contribution in [2.45, 2.75) is 6.92 Å². The topological polar surface area (TPSA) is 40.5 Å². The number of carbonyl (C=O) groups is 1. The van der Waals surface area contributed by atoms with Gasteiger partial charge in [0.25, 0.3) is 0 Å². The van der Waals surface area contributed by atoms with Crippen LogP contribution in [0.25, 0.3) is 33.3 Å². The number of fused-ring (bicyclic) bond motifs is 1. The van der Waals surface area contributed by atoms with Gasteiger partial charge in [0.2, 0.25) is 5.91 Å². The van der Waals surface area contributed by atoms with E-state index in [9.17, 15) is 4.79 Å². The average molecular weight is 371 g/mol. The molecule has 140 valence electrons. The molecular weight excluding hydrogens is 350 g/mol. The summed E-state index contributed by atoms with van der Waals surface area (Å²) >= 11 is 0. The van der Waals surface area contributed by atoms with Crippen LogP contribution in [0, 0.1) is 0 Å². The van der Waals surface area contributed by atoms with Gasteiger partial charge >= 0.3 is 0 Å². The van der Waals surface area contributed by atoms with Crippen LogP contribution in [0.4, 0.5) is 0 Å². The zero-order chi connectivity index (χ0) is 19.7. The van der Waals surface area contributed by atoms with Crippen molar-refractivity contribution in [3.05, 3.63) is 72.8 Å². The van der Waals surface area contributed by atoms with Crippen molar-refractivity contribution in [3.8, 4) is 33.9 Å². The van der Waals surface area contributed by atoms with Crippen molar-refractivity contribution in [1.82, 2.24) is 4.57 Å². The van der Waals surface area contributed by atoms with Gasteiger partial charge in [0.05, 0.1) is 25.4 Å². The number of benzene rings is 3. The van der Waals surface area contributed by atoms with Crippen LogP contribution in [0.1, 0.15) is 11.7 Å². The monoisotopic (exact) mass is 371 g/mol. The van der Waals surface area contributed by atoms with E-state index in [1.807, 2.05) is 66.7 Å². The van der Waals surface area contributed by atoms with E-state index in [2.05, 4.69) is 6.07 Å². The van der Waals surface area contributed by atoms with Crippen LogP contribution in [-0.4, -0.2) is 24.7 Å². The summed E-state index contributed by atoms with van der Waals surface area (Å²) < 4.78 is 12.4. The van der Waals surface area contributed by atoms with Crippen LogP contribution in [0.5, 0.6) is 11.5 Å². The number of methoxy groups -OCH3 is 2. The Hall–Kier alpha value is -3.53. The summed E-state index contributed by atoms with van der Waals surface area (Å²) in [5.41, 5.74) is 4.78. The number of hydrogen-bond donors (Lipinski definition) is 0. The molecule has 0 aliphatic heterocycles. The highest BCUT2D eigenvalue weighted by atomic mass is 16.5. The van der Waals surface area contributed by atoms with Crippen molar-refractivity contribution in [2.24, 2.45) is 0 Å². The predicted octanol–water partition coefficient (Wildman–Crippen LogP) is 5.65. The van der Waals surface area contributed by atoms with E-state index in [0.717, 1.165) is 44.8 Å². The fourth-order valence-corrected chi connectivity index (χ4v) is 3.64. The van der Waals surface area contributed by atoms with Crippen LogP contribution < -0.4 is 9.47 Å². The predicted molar refractivity (Wildman–Crippen MR) is 112 cm³/mol. The van der Waals surface area contributed by atoms with Gasteiger partial charge in [0.15, 0.2) is 0 Å². The molecule has 28 heavy (non-hydrogen) atoms. The van der Waals surface area contributed by atoms with Crippen LogP contribution >= 0.6 is 0 Å². The molecule has 0 fully saturated rings. The zero-order valence-electron chi connectivity index (χ0n) is 16.1. The summed E-state index contributed by atoms with van der Waals surface area (Å²) in [5, 5.41) is 1.04. The smallest absolute Gasteiger partial charge is 0.228 e. The van der Waals surface area contributed by atoms with E-state index in [1.54, 1.807) is 25.7 Å². The number of ether oxygens (including phenoxy) is 2. The Balaban J connectivity index is 2.07. The number of nitrogens with zero attached hydrogens (tertiary/aromatic N) is 1. The van der Waals surface area contributed by atoms with Gasteiger partial charge in [0, 0.05) is 17.9 Å². The Bertz CT molecular complexity index is 1140. The quantitative estimate of drug-likeness (QED) is 0.465. The number of carbonyl (C=O) groups excluding carboxylic acids is 1. The van der Waals surface area contributed by atoms with Gasteiger partial charge in [-0.05, 0) is 53.6 Å². The molecule has 0 aliphatic carbocycles. The lowest BCUT2D eigenvalue weighted by atomic mass is 9.98. The number of aromatic nitrogens is 1. The Morgan fingerprint density at radius 3 is 1.82 bits per heavy atom. The van der Waals surface area contributed by atoms with E-state index in [0.29, 0.717) is 0 Å². The lowest BCUT2D eigenvalue weighted by molar-refractivity contribution is 0.0943. The molecule has 0 radical (unpaired) electrons. The lowest BCUT2D eigenvalue weighted by Gasteiger charge is -2.11. The fraction of sp³-hybridized carbons (Fsp3) is 0.125. The van der Waals surface area contributed by atoms with Gasteiger partial charge in [-0.25, -0.2) is 0 Å². The molecule has 4 heteroatoms. The molecule has 3 aromatic carbocycles. The molecule has 0 N–H and O–H groups in total. The minimum absolute atomic E-state index is 0.0261. The van der Waals surface area contributed by atoms with Crippen molar-refractivity contribution in [2.75, 3.05) is 14.2 Å². The highest BCUT2D eigenvalue weighted by Gasteiger charge is 2.22. The summed E-state index contributed by atoms with van der Waals surface area (Å²) in [7, 11) is 3.30. The highest BCUT2D eigenvalue weighted by Crippen LogP contribution is 2.41. The molecule has 0 spiro atoms. The summed E-state index contributed by atoms with van der Waals surface area (Å²) in [5.74, 6) is 1.55. The Morgan fingerprint density at radius 2 is 1.29 bits per heavy atom. The summed E-state index contributed by atoms with van der Waals surface area (Å²) in [6.45, 7) is 1.59. The van der Waals surface area contributed by atoms with E-state index >= 15 is 0 Å². The summed E-state index contributed by atoms with van der Waals surface area (Å²) in [4.78, 5) is 12.6. The summed E-state index contributed by atoms with van der Waals surface area (Å²) in [6.07, 6.45) is 0. The van der Waals surface area contributed by atoms with Crippen molar-refractivity contribution in [1.29, 1.82) is 0 Å². The first-order valence-electron chi connectivity index (χ1n) is 9.07. The standard InChI is InChI=1S/C24H21NO3/c1-16(26)25-22-7-5-4-6-21(22)23(17-8-12-19(27-2)13-9-17)24(25)18-10-14-20(28-3)15-11-18/h4-15H,1-3H3. The van der Waals surface area contributed by atoms with Gasteiger partial charge in [-0.3, -0.25) is 9.36 Å². The van der Waals surface area contributed by atoms with Crippen molar-refractivity contribution in [3.63, 3.8) is 0 Å². The van der Waals surface area contributed by atoms with Gasteiger partial charge in [-0.1, -0.05) is 30.3 Å². The van der Waals surface area contributed by atoms with E-state index in [-0.39, 0.29) is 5.91 Å².